The van der Waals surface area contributed by atoms with Gasteiger partial charge in [-0.1, -0.05) is 80.4 Å². The number of benzene rings is 2. The quantitative estimate of drug-likeness (QED) is 0.847. The SMILES string of the molecule is CC[C@@H](NC(=O)C1(c2ccccc2)CCCC1)c1ccccc1. The first kappa shape index (κ1) is 15.8. The molecule has 2 nitrogen and oxygen atoms in total. The summed E-state index contributed by atoms with van der Waals surface area (Å²) in [6, 6.07) is 20.7. The van der Waals surface area contributed by atoms with Crippen molar-refractivity contribution in [2.45, 2.75) is 50.5 Å². The lowest BCUT2D eigenvalue weighted by atomic mass is 9.77. The molecule has 2 aromatic carbocycles. The Morgan fingerprint density at radius 1 is 1.00 bits per heavy atom. The lowest BCUT2D eigenvalue weighted by Crippen LogP contribution is -2.44. The molecular weight excluding hydrogens is 282 g/mol. The summed E-state index contributed by atoms with van der Waals surface area (Å²) in [6.45, 7) is 2.13. The molecule has 1 aliphatic rings. The molecule has 0 heterocycles. The lowest BCUT2D eigenvalue weighted by molar-refractivity contribution is -0.127. The third-order valence-electron chi connectivity index (χ3n) is 5.13. The Morgan fingerprint density at radius 3 is 2.13 bits per heavy atom. The zero-order valence-electron chi connectivity index (χ0n) is 13.8. The van der Waals surface area contributed by atoms with E-state index in [1.54, 1.807) is 0 Å². The van der Waals surface area contributed by atoms with E-state index in [9.17, 15) is 4.79 Å². The maximum atomic E-state index is 13.2. The van der Waals surface area contributed by atoms with Gasteiger partial charge in [-0.05, 0) is 30.4 Å². The van der Waals surface area contributed by atoms with Crippen molar-refractivity contribution in [1.29, 1.82) is 0 Å². The van der Waals surface area contributed by atoms with Crippen LogP contribution < -0.4 is 5.32 Å². The van der Waals surface area contributed by atoms with Crippen LogP contribution in [0.15, 0.2) is 60.7 Å². The van der Waals surface area contributed by atoms with E-state index in [4.69, 9.17) is 0 Å². The molecule has 0 aromatic heterocycles. The molecule has 1 N–H and O–H groups in total. The van der Waals surface area contributed by atoms with Crippen LogP contribution in [0.5, 0.6) is 0 Å². The monoisotopic (exact) mass is 307 g/mol. The van der Waals surface area contributed by atoms with Gasteiger partial charge in [0.25, 0.3) is 0 Å². The average molecular weight is 307 g/mol. The first-order valence-corrected chi connectivity index (χ1v) is 8.68. The molecule has 1 saturated carbocycles. The molecule has 0 spiro atoms. The number of rotatable bonds is 5. The van der Waals surface area contributed by atoms with Crippen molar-refractivity contribution in [3.63, 3.8) is 0 Å². The standard InChI is InChI=1S/C21H25NO/c1-2-19(17-11-5-3-6-12-17)22-20(23)21(15-9-10-16-21)18-13-7-4-8-14-18/h3-8,11-14,19H,2,9-10,15-16H2,1H3,(H,22,23)/t19-/m1/s1. The smallest absolute Gasteiger partial charge is 0.231 e. The van der Waals surface area contributed by atoms with Gasteiger partial charge in [0.05, 0.1) is 11.5 Å². The molecule has 0 bridgehead atoms. The zero-order valence-corrected chi connectivity index (χ0v) is 13.8. The normalized spacial score (nSPS) is 17.6. The maximum absolute atomic E-state index is 13.2. The molecule has 0 radical (unpaired) electrons. The van der Waals surface area contributed by atoms with Crippen LogP contribution in [0.25, 0.3) is 0 Å². The molecule has 120 valence electrons. The minimum atomic E-state index is -0.344. The summed E-state index contributed by atoms with van der Waals surface area (Å²) in [5.41, 5.74) is 2.01. The van der Waals surface area contributed by atoms with E-state index in [2.05, 4.69) is 36.5 Å². The van der Waals surface area contributed by atoms with E-state index < -0.39 is 0 Å². The van der Waals surface area contributed by atoms with Gasteiger partial charge >= 0.3 is 0 Å². The summed E-state index contributed by atoms with van der Waals surface area (Å²) in [7, 11) is 0. The first-order valence-electron chi connectivity index (χ1n) is 8.68. The van der Waals surface area contributed by atoms with Crippen LogP contribution in [-0.4, -0.2) is 5.91 Å². The topological polar surface area (TPSA) is 29.1 Å². The summed E-state index contributed by atoms with van der Waals surface area (Å²) in [5, 5.41) is 3.33. The molecule has 0 aliphatic heterocycles. The van der Waals surface area contributed by atoms with Gasteiger partial charge in [-0.25, -0.2) is 0 Å². The molecule has 1 aliphatic carbocycles. The van der Waals surface area contributed by atoms with Crippen LogP contribution in [0, 0.1) is 0 Å². The number of amides is 1. The Bertz CT molecular complexity index is 629. The van der Waals surface area contributed by atoms with Gasteiger partial charge in [0.1, 0.15) is 0 Å². The number of carbonyl (C=O) groups is 1. The highest BCUT2D eigenvalue weighted by atomic mass is 16.2. The summed E-state index contributed by atoms with van der Waals surface area (Å²) in [5.74, 6) is 0.192. The fourth-order valence-corrected chi connectivity index (χ4v) is 3.79. The Labute approximate surface area is 138 Å². The number of hydrogen-bond donors (Lipinski definition) is 1. The maximum Gasteiger partial charge on any atom is 0.231 e. The Balaban J connectivity index is 1.85. The predicted molar refractivity (Wildman–Crippen MR) is 94.2 cm³/mol. The van der Waals surface area contributed by atoms with E-state index >= 15 is 0 Å². The summed E-state index contributed by atoms with van der Waals surface area (Å²) >= 11 is 0. The molecule has 0 saturated heterocycles. The van der Waals surface area contributed by atoms with E-state index in [-0.39, 0.29) is 17.4 Å². The minimum absolute atomic E-state index is 0.0879. The fourth-order valence-electron chi connectivity index (χ4n) is 3.79. The highest BCUT2D eigenvalue weighted by molar-refractivity contribution is 5.89. The minimum Gasteiger partial charge on any atom is -0.349 e. The van der Waals surface area contributed by atoms with Gasteiger partial charge < -0.3 is 5.32 Å². The van der Waals surface area contributed by atoms with E-state index in [0.29, 0.717) is 0 Å². The largest absolute Gasteiger partial charge is 0.349 e. The zero-order chi connectivity index (χ0) is 16.1. The summed E-state index contributed by atoms with van der Waals surface area (Å²) in [6.07, 6.45) is 5.07. The predicted octanol–water partition coefficient (Wildman–Crippen LogP) is 4.77. The molecule has 2 aromatic rings. The number of nitrogens with one attached hydrogen (secondary N) is 1. The van der Waals surface area contributed by atoms with Crippen LogP contribution in [0.2, 0.25) is 0 Å². The highest BCUT2D eigenvalue weighted by Crippen LogP contribution is 2.41. The fraction of sp³-hybridized carbons (Fsp3) is 0.381. The number of carbonyl (C=O) groups excluding carboxylic acids is 1. The van der Waals surface area contributed by atoms with Gasteiger partial charge in [0.15, 0.2) is 0 Å². The second kappa shape index (κ2) is 6.99. The van der Waals surface area contributed by atoms with Gasteiger partial charge in [-0.2, -0.15) is 0 Å². The third-order valence-corrected chi connectivity index (χ3v) is 5.13. The van der Waals surface area contributed by atoms with Gasteiger partial charge in [-0.3, -0.25) is 4.79 Å². The second-order valence-corrected chi connectivity index (χ2v) is 6.50. The van der Waals surface area contributed by atoms with Gasteiger partial charge in [0, 0.05) is 0 Å². The second-order valence-electron chi connectivity index (χ2n) is 6.50. The Morgan fingerprint density at radius 2 is 1.57 bits per heavy atom. The molecule has 1 fully saturated rings. The van der Waals surface area contributed by atoms with Crippen molar-refractivity contribution in [3.8, 4) is 0 Å². The van der Waals surface area contributed by atoms with Crippen LogP contribution in [0.4, 0.5) is 0 Å². The van der Waals surface area contributed by atoms with Crippen molar-refractivity contribution in [2.24, 2.45) is 0 Å². The van der Waals surface area contributed by atoms with Crippen LogP contribution in [0.1, 0.15) is 56.2 Å². The molecule has 23 heavy (non-hydrogen) atoms. The van der Waals surface area contributed by atoms with Crippen molar-refractivity contribution >= 4 is 5.91 Å². The summed E-state index contributed by atoms with van der Waals surface area (Å²) < 4.78 is 0. The molecule has 2 heteroatoms. The lowest BCUT2D eigenvalue weighted by Gasteiger charge is -2.31. The van der Waals surface area contributed by atoms with Gasteiger partial charge in [0.2, 0.25) is 5.91 Å². The molecular formula is C21H25NO. The molecule has 1 amide bonds. The Hall–Kier alpha value is -2.09. The number of hydrogen-bond acceptors (Lipinski definition) is 1. The van der Waals surface area contributed by atoms with E-state index in [0.717, 1.165) is 37.7 Å². The van der Waals surface area contributed by atoms with Crippen LogP contribution in [-0.2, 0) is 10.2 Å². The van der Waals surface area contributed by atoms with Crippen molar-refractivity contribution < 1.29 is 4.79 Å². The summed E-state index contributed by atoms with van der Waals surface area (Å²) in [4.78, 5) is 13.2. The van der Waals surface area contributed by atoms with Gasteiger partial charge in [-0.15, -0.1) is 0 Å². The third kappa shape index (κ3) is 3.17. The van der Waals surface area contributed by atoms with Crippen LogP contribution >= 0.6 is 0 Å². The first-order chi connectivity index (χ1) is 11.3. The van der Waals surface area contributed by atoms with Crippen LogP contribution in [0.3, 0.4) is 0 Å². The molecule has 1 atom stereocenters. The van der Waals surface area contributed by atoms with E-state index in [1.807, 2.05) is 36.4 Å². The molecule has 3 rings (SSSR count). The Kier molecular flexibility index (Phi) is 4.80. The van der Waals surface area contributed by atoms with Crippen molar-refractivity contribution in [2.75, 3.05) is 0 Å². The van der Waals surface area contributed by atoms with Crippen molar-refractivity contribution in [1.82, 2.24) is 5.32 Å². The highest BCUT2D eigenvalue weighted by Gasteiger charge is 2.43. The molecule has 0 unspecified atom stereocenters. The van der Waals surface area contributed by atoms with Crippen molar-refractivity contribution in [3.05, 3.63) is 71.8 Å². The van der Waals surface area contributed by atoms with E-state index in [1.165, 1.54) is 5.56 Å². The average Bonchev–Trinajstić information content (AvgIpc) is 3.12.